The first-order valence-corrected chi connectivity index (χ1v) is 9.21. The van der Waals surface area contributed by atoms with Crippen molar-refractivity contribution in [2.45, 2.75) is 32.3 Å². The van der Waals surface area contributed by atoms with E-state index in [1.54, 1.807) is 11.0 Å². The summed E-state index contributed by atoms with van der Waals surface area (Å²) in [5.41, 5.74) is 0.0326. The van der Waals surface area contributed by atoms with Crippen LogP contribution in [0.15, 0.2) is 18.2 Å². The van der Waals surface area contributed by atoms with Gasteiger partial charge in [0, 0.05) is 32.1 Å². The average Bonchev–Trinajstić information content (AvgIpc) is 3.21. The Bertz CT molecular complexity index is 684. The predicted octanol–water partition coefficient (Wildman–Crippen LogP) is 2.77. The van der Waals surface area contributed by atoms with E-state index < -0.39 is 12.5 Å². The number of amides is 2. The summed E-state index contributed by atoms with van der Waals surface area (Å²) in [6, 6.07) is 4.47. The third kappa shape index (κ3) is 4.31. The maximum atomic E-state index is 12.8. The molecule has 148 valence electrons. The molecule has 1 saturated heterocycles. The zero-order chi connectivity index (χ0) is 19.4. The molecule has 2 aliphatic rings. The lowest BCUT2D eigenvalue weighted by Gasteiger charge is -2.36. The van der Waals surface area contributed by atoms with E-state index in [1.807, 2.05) is 4.90 Å². The lowest BCUT2D eigenvalue weighted by atomic mass is 10.1. The molecule has 8 heteroatoms. The molecular formula is C19H24F2N2O4. The molecule has 0 bridgehead atoms. The van der Waals surface area contributed by atoms with Gasteiger partial charge in [-0.3, -0.25) is 9.59 Å². The number of piperazine rings is 1. The van der Waals surface area contributed by atoms with Gasteiger partial charge in [-0.15, -0.1) is 0 Å². The molecule has 0 aromatic heterocycles. The van der Waals surface area contributed by atoms with Crippen molar-refractivity contribution in [3.63, 3.8) is 0 Å². The Hall–Kier alpha value is -2.38. The second-order valence-electron chi connectivity index (χ2n) is 6.81. The number of halogens is 2. The van der Waals surface area contributed by atoms with Crippen LogP contribution in [0.2, 0.25) is 0 Å². The minimum absolute atomic E-state index is 0.0326. The van der Waals surface area contributed by atoms with Gasteiger partial charge < -0.3 is 19.3 Å². The number of carbonyl (C=O) groups excluding carboxylic acids is 2. The van der Waals surface area contributed by atoms with Crippen molar-refractivity contribution in [2.24, 2.45) is 5.92 Å². The number of methoxy groups -OCH3 is 1. The van der Waals surface area contributed by atoms with E-state index in [1.165, 1.54) is 19.2 Å². The summed E-state index contributed by atoms with van der Waals surface area (Å²) >= 11 is 0. The monoisotopic (exact) mass is 382 g/mol. The van der Waals surface area contributed by atoms with Gasteiger partial charge in [0.2, 0.25) is 5.91 Å². The summed E-state index contributed by atoms with van der Waals surface area (Å²) in [5.74, 6) is -0.308. The summed E-state index contributed by atoms with van der Waals surface area (Å²) in [6.07, 6.45) is 4.07. The zero-order valence-electron chi connectivity index (χ0n) is 15.3. The summed E-state index contributed by atoms with van der Waals surface area (Å²) in [5, 5.41) is 0. The Balaban J connectivity index is 1.68. The van der Waals surface area contributed by atoms with Crippen LogP contribution in [0.3, 0.4) is 0 Å². The maximum absolute atomic E-state index is 12.8. The van der Waals surface area contributed by atoms with Gasteiger partial charge in [0.25, 0.3) is 5.91 Å². The van der Waals surface area contributed by atoms with Crippen molar-refractivity contribution in [3.8, 4) is 11.5 Å². The van der Waals surface area contributed by atoms with Gasteiger partial charge in [-0.25, -0.2) is 0 Å². The Morgan fingerprint density at radius 1 is 1.07 bits per heavy atom. The molecule has 1 saturated carbocycles. The first-order valence-electron chi connectivity index (χ1n) is 9.21. The molecule has 1 aliphatic carbocycles. The Morgan fingerprint density at radius 2 is 1.70 bits per heavy atom. The smallest absolute Gasteiger partial charge is 0.387 e. The van der Waals surface area contributed by atoms with Crippen LogP contribution < -0.4 is 9.47 Å². The molecule has 1 aliphatic heterocycles. The molecule has 0 spiro atoms. The van der Waals surface area contributed by atoms with Crippen LogP contribution in [0.5, 0.6) is 11.5 Å². The van der Waals surface area contributed by atoms with Crippen molar-refractivity contribution < 1.29 is 27.8 Å². The molecule has 0 N–H and O–H groups in total. The van der Waals surface area contributed by atoms with Crippen molar-refractivity contribution >= 4 is 11.8 Å². The second-order valence-corrected chi connectivity index (χ2v) is 6.81. The molecule has 2 amide bonds. The van der Waals surface area contributed by atoms with Gasteiger partial charge in [-0.1, -0.05) is 18.9 Å². The van der Waals surface area contributed by atoms with Gasteiger partial charge in [0.1, 0.15) is 0 Å². The SMILES string of the molecule is COc1cccc(C(=O)N2CCN(C(=O)C3CCCC3)CC2)c1OC(F)F. The fraction of sp³-hybridized carbons (Fsp3) is 0.579. The highest BCUT2D eigenvalue weighted by atomic mass is 19.3. The molecule has 0 unspecified atom stereocenters. The molecule has 6 nitrogen and oxygen atoms in total. The molecule has 27 heavy (non-hydrogen) atoms. The van der Waals surface area contributed by atoms with Gasteiger partial charge in [0.15, 0.2) is 11.5 Å². The Labute approximate surface area is 157 Å². The molecule has 0 radical (unpaired) electrons. The van der Waals surface area contributed by atoms with E-state index in [2.05, 4.69) is 4.74 Å². The van der Waals surface area contributed by atoms with Crippen molar-refractivity contribution in [2.75, 3.05) is 33.3 Å². The van der Waals surface area contributed by atoms with Crippen molar-refractivity contribution in [1.29, 1.82) is 0 Å². The van der Waals surface area contributed by atoms with Crippen LogP contribution in [0.1, 0.15) is 36.0 Å². The number of para-hydroxylation sites is 1. The largest absolute Gasteiger partial charge is 0.493 e. The van der Waals surface area contributed by atoms with Gasteiger partial charge in [-0.05, 0) is 25.0 Å². The molecule has 1 aromatic rings. The van der Waals surface area contributed by atoms with E-state index in [4.69, 9.17) is 4.74 Å². The number of alkyl halides is 2. The van der Waals surface area contributed by atoms with Gasteiger partial charge >= 0.3 is 6.61 Å². The van der Waals surface area contributed by atoms with Gasteiger partial charge in [-0.2, -0.15) is 8.78 Å². The Kier molecular flexibility index (Phi) is 6.13. The molecule has 3 rings (SSSR count). The first-order chi connectivity index (χ1) is 13.0. The van der Waals surface area contributed by atoms with E-state index in [9.17, 15) is 18.4 Å². The fourth-order valence-electron chi connectivity index (χ4n) is 3.79. The third-order valence-corrected chi connectivity index (χ3v) is 5.22. The molecule has 0 atom stereocenters. The highest BCUT2D eigenvalue weighted by Gasteiger charge is 2.32. The molecule has 2 fully saturated rings. The van der Waals surface area contributed by atoms with Crippen molar-refractivity contribution in [1.82, 2.24) is 9.80 Å². The van der Waals surface area contributed by atoms with E-state index in [0.29, 0.717) is 26.2 Å². The second kappa shape index (κ2) is 8.54. The molecular weight excluding hydrogens is 358 g/mol. The normalized spacial score (nSPS) is 18.1. The topological polar surface area (TPSA) is 59.1 Å². The Morgan fingerprint density at radius 3 is 2.30 bits per heavy atom. The predicted molar refractivity (Wildman–Crippen MR) is 94.1 cm³/mol. The van der Waals surface area contributed by atoms with Gasteiger partial charge in [0.05, 0.1) is 12.7 Å². The van der Waals surface area contributed by atoms with E-state index in [0.717, 1.165) is 25.7 Å². The minimum atomic E-state index is -3.06. The van der Waals surface area contributed by atoms with Crippen LogP contribution in [0.25, 0.3) is 0 Å². The summed E-state index contributed by atoms with van der Waals surface area (Å²) in [4.78, 5) is 28.7. The van der Waals surface area contributed by atoms with E-state index >= 15 is 0 Å². The lowest BCUT2D eigenvalue weighted by molar-refractivity contribution is -0.136. The number of benzene rings is 1. The quantitative estimate of drug-likeness (QED) is 0.786. The third-order valence-electron chi connectivity index (χ3n) is 5.22. The number of hydrogen-bond acceptors (Lipinski definition) is 4. The van der Waals surface area contributed by atoms with Crippen LogP contribution in [0.4, 0.5) is 8.78 Å². The minimum Gasteiger partial charge on any atom is -0.493 e. The molecule has 1 aromatic carbocycles. The number of nitrogens with zero attached hydrogens (tertiary/aromatic N) is 2. The van der Waals surface area contributed by atoms with Crippen molar-refractivity contribution in [3.05, 3.63) is 23.8 Å². The zero-order valence-corrected chi connectivity index (χ0v) is 15.3. The fourth-order valence-corrected chi connectivity index (χ4v) is 3.79. The standard InChI is InChI=1S/C19H24F2N2O4/c1-26-15-8-4-7-14(16(15)27-19(20)21)18(25)23-11-9-22(10-12-23)17(24)13-5-2-3-6-13/h4,7-8,13,19H,2-3,5-6,9-12H2,1H3. The molecule has 1 heterocycles. The average molecular weight is 382 g/mol. The van der Waals surface area contributed by atoms with E-state index in [-0.39, 0.29) is 28.9 Å². The number of carbonyl (C=O) groups is 2. The van der Waals surface area contributed by atoms with Crippen LogP contribution in [0, 0.1) is 5.92 Å². The van der Waals surface area contributed by atoms with Crippen LogP contribution in [-0.2, 0) is 4.79 Å². The summed E-state index contributed by atoms with van der Waals surface area (Å²) in [7, 11) is 1.33. The maximum Gasteiger partial charge on any atom is 0.387 e. The lowest BCUT2D eigenvalue weighted by Crippen LogP contribution is -2.51. The highest BCUT2D eigenvalue weighted by molar-refractivity contribution is 5.98. The summed E-state index contributed by atoms with van der Waals surface area (Å²) < 4.78 is 35.1. The van der Waals surface area contributed by atoms with Crippen LogP contribution in [-0.4, -0.2) is 61.5 Å². The number of ether oxygens (including phenoxy) is 2. The number of hydrogen-bond donors (Lipinski definition) is 0. The summed E-state index contributed by atoms with van der Waals surface area (Å²) in [6.45, 7) is -1.43. The van der Waals surface area contributed by atoms with Crippen LogP contribution >= 0.6 is 0 Å². The number of rotatable bonds is 5. The highest BCUT2D eigenvalue weighted by Crippen LogP contribution is 2.33. The first kappa shape index (κ1) is 19.4.